The van der Waals surface area contributed by atoms with E-state index in [1.165, 1.54) is 5.56 Å². The third-order valence-corrected chi connectivity index (χ3v) is 5.75. The normalized spacial score (nSPS) is 11.5. The summed E-state index contributed by atoms with van der Waals surface area (Å²) in [7, 11) is 2.01. The Morgan fingerprint density at radius 2 is 1.70 bits per heavy atom. The zero-order valence-electron chi connectivity index (χ0n) is 15.8. The van der Waals surface area contributed by atoms with Crippen LogP contribution < -0.4 is 5.32 Å². The number of hydrogen-bond acceptors (Lipinski definition) is 2. The van der Waals surface area contributed by atoms with Crippen LogP contribution in [0.2, 0.25) is 15.1 Å². The van der Waals surface area contributed by atoms with Crippen molar-refractivity contribution in [2.75, 3.05) is 5.32 Å². The summed E-state index contributed by atoms with van der Waals surface area (Å²) in [6, 6.07) is 9.48. The molecule has 0 saturated carbocycles. The molecule has 1 heterocycles. The van der Waals surface area contributed by atoms with Crippen LogP contribution >= 0.6 is 34.8 Å². The van der Waals surface area contributed by atoms with Crippen molar-refractivity contribution in [3.63, 3.8) is 0 Å². The Labute approximate surface area is 175 Å². The van der Waals surface area contributed by atoms with E-state index in [2.05, 4.69) is 29.8 Å². The van der Waals surface area contributed by atoms with E-state index >= 15 is 0 Å². The maximum Gasteiger partial charge on any atom is 0.208 e. The van der Waals surface area contributed by atoms with Gasteiger partial charge in [0.15, 0.2) is 0 Å². The van der Waals surface area contributed by atoms with Crippen LogP contribution in [0.3, 0.4) is 0 Å². The largest absolute Gasteiger partial charge is 0.324 e. The molecule has 144 valence electrons. The molecule has 0 aliphatic rings. The molecule has 27 heavy (non-hydrogen) atoms. The second-order valence-corrected chi connectivity index (χ2v) is 8.10. The van der Waals surface area contributed by atoms with Gasteiger partial charge < -0.3 is 9.88 Å². The molecule has 1 N–H and O–H groups in total. The van der Waals surface area contributed by atoms with Crippen LogP contribution in [0.5, 0.6) is 0 Å². The average Bonchev–Trinajstić information content (AvgIpc) is 2.96. The summed E-state index contributed by atoms with van der Waals surface area (Å²) in [5, 5.41) is 5.13. The molecule has 0 bridgehead atoms. The van der Waals surface area contributed by atoms with Crippen LogP contribution in [0.1, 0.15) is 51.0 Å². The van der Waals surface area contributed by atoms with Gasteiger partial charge in [0.1, 0.15) is 5.52 Å². The summed E-state index contributed by atoms with van der Waals surface area (Å²) in [6.45, 7) is 4.46. The van der Waals surface area contributed by atoms with Gasteiger partial charge in [-0.15, -0.1) is 0 Å². The topological polar surface area (TPSA) is 29.9 Å². The number of aromatic nitrogens is 2. The number of halogens is 3. The van der Waals surface area contributed by atoms with Crippen molar-refractivity contribution in [3.8, 4) is 0 Å². The van der Waals surface area contributed by atoms with Gasteiger partial charge in [-0.2, -0.15) is 0 Å². The third-order valence-electron chi connectivity index (χ3n) is 4.90. The van der Waals surface area contributed by atoms with Crippen LogP contribution in [0, 0.1) is 0 Å². The summed E-state index contributed by atoms with van der Waals surface area (Å²) >= 11 is 18.8. The molecule has 0 atom stereocenters. The monoisotopic (exact) mass is 423 g/mol. The van der Waals surface area contributed by atoms with Crippen molar-refractivity contribution < 1.29 is 0 Å². The molecule has 0 radical (unpaired) electrons. The predicted octanol–water partition coefficient (Wildman–Crippen LogP) is 7.96. The lowest BCUT2D eigenvalue weighted by Gasteiger charge is -2.18. The minimum Gasteiger partial charge on any atom is -0.324 e. The molecule has 1 aromatic heterocycles. The standard InChI is InChI=1S/C21H24Cl3N3/c1-4-6-13(7-5-2)15-9-10-16(23)19-20(15)27(3)21(26-19)25-18-11-8-14(22)12-17(18)24/h8-13H,4-7H2,1-3H3,(H,25,26). The first-order valence-electron chi connectivity index (χ1n) is 9.33. The Hall–Kier alpha value is -1.42. The number of anilines is 2. The Balaban J connectivity index is 2.10. The lowest BCUT2D eigenvalue weighted by Crippen LogP contribution is -2.04. The highest BCUT2D eigenvalue weighted by molar-refractivity contribution is 6.36. The number of aryl methyl sites for hydroxylation is 1. The maximum absolute atomic E-state index is 6.48. The number of nitrogens with one attached hydrogen (secondary N) is 1. The van der Waals surface area contributed by atoms with E-state index in [4.69, 9.17) is 39.8 Å². The highest BCUT2D eigenvalue weighted by Gasteiger charge is 2.20. The number of hydrogen-bond donors (Lipinski definition) is 1. The summed E-state index contributed by atoms with van der Waals surface area (Å²) in [5.41, 5.74) is 3.97. The van der Waals surface area contributed by atoms with Gasteiger partial charge in [-0.1, -0.05) is 67.6 Å². The third kappa shape index (κ3) is 4.21. The SMILES string of the molecule is CCCC(CCC)c1ccc(Cl)c2nc(Nc3ccc(Cl)cc3Cl)n(C)c12. The van der Waals surface area contributed by atoms with Crippen molar-refractivity contribution >= 4 is 57.5 Å². The number of benzene rings is 2. The molecule has 0 amide bonds. The van der Waals surface area contributed by atoms with Gasteiger partial charge in [0.25, 0.3) is 0 Å². The van der Waals surface area contributed by atoms with Gasteiger partial charge >= 0.3 is 0 Å². The van der Waals surface area contributed by atoms with Crippen LogP contribution in [0.25, 0.3) is 11.0 Å². The molecule has 3 aromatic rings. The zero-order chi connectivity index (χ0) is 19.6. The quantitative estimate of drug-likeness (QED) is 0.417. The second kappa shape index (κ2) is 8.72. The van der Waals surface area contributed by atoms with Crippen molar-refractivity contribution in [1.29, 1.82) is 0 Å². The van der Waals surface area contributed by atoms with Crippen LogP contribution in [0.4, 0.5) is 11.6 Å². The first-order valence-corrected chi connectivity index (χ1v) is 10.5. The molecule has 0 aliphatic carbocycles. The summed E-state index contributed by atoms with van der Waals surface area (Å²) in [4.78, 5) is 4.76. The molecule has 3 nitrogen and oxygen atoms in total. The van der Waals surface area contributed by atoms with E-state index in [9.17, 15) is 0 Å². The van der Waals surface area contributed by atoms with Gasteiger partial charge in [0, 0.05) is 12.1 Å². The summed E-state index contributed by atoms with van der Waals surface area (Å²) < 4.78 is 2.07. The molecule has 2 aromatic carbocycles. The first kappa shape index (κ1) is 20.3. The fourth-order valence-electron chi connectivity index (χ4n) is 3.62. The van der Waals surface area contributed by atoms with Crippen LogP contribution in [-0.4, -0.2) is 9.55 Å². The lowest BCUT2D eigenvalue weighted by atomic mass is 9.89. The molecule has 0 spiro atoms. The smallest absolute Gasteiger partial charge is 0.208 e. The van der Waals surface area contributed by atoms with Crippen molar-refractivity contribution in [1.82, 2.24) is 9.55 Å². The fourth-order valence-corrected chi connectivity index (χ4v) is 4.27. The average molecular weight is 425 g/mol. The molecular weight excluding hydrogens is 401 g/mol. The Morgan fingerprint density at radius 3 is 2.33 bits per heavy atom. The number of rotatable bonds is 7. The van der Waals surface area contributed by atoms with Gasteiger partial charge in [0.05, 0.1) is 21.2 Å². The fraction of sp³-hybridized carbons (Fsp3) is 0.381. The molecule has 0 fully saturated rings. The molecule has 6 heteroatoms. The van der Waals surface area contributed by atoms with E-state index in [0.29, 0.717) is 26.9 Å². The predicted molar refractivity (Wildman–Crippen MR) is 118 cm³/mol. The number of fused-ring (bicyclic) bond motifs is 1. The lowest BCUT2D eigenvalue weighted by molar-refractivity contribution is 0.562. The zero-order valence-corrected chi connectivity index (χ0v) is 18.1. The van der Waals surface area contributed by atoms with Crippen molar-refractivity contribution in [2.45, 2.75) is 45.4 Å². The van der Waals surface area contributed by atoms with Crippen molar-refractivity contribution in [3.05, 3.63) is 51.0 Å². The van der Waals surface area contributed by atoms with E-state index in [1.54, 1.807) is 12.1 Å². The number of imidazole rings is 1. The van der Waals surface area contributed by atoms with E-state index in [0.717, 1.165) is 42.4 Å². The van der Waals surface area contributed by atoms with Gasteiger partial charge in [-0.25, -0.2) is 4.98 Å². The Kier molecular flexibility index (Phi) is 6.56. The van der Waals surface area contributed by atoms with Crippen molar-refractivity contribution in [2.24, 2.45) is 7.05 Å². The second-order valence-electron chi connectivity index (χ2n) is 6.85. The van der Waals surface area contributed by atoms with Gasteiger partial charge in [-0.05, 0) is 48.6 Å². The van der Waals surface area contributed by atoms with Gasteiger partial charge in [-0.3, -0.25) is 0 Å². The molecule has 3 rings (SSSR count). The summed E-state index contributed by atoms with van der Waals surface area (Å²) in [6.07, 6.45) is 4.61. The van der Waals surface area contributed by atoms with E-state index in [1.807, 2.05) is 19.2 Å². The molecule has 0 unspecified atom stereocenters. The van der Waals surface area contributed by atoms with E-state index < -0.39 is 0 Å². The maximum atomic E-state index is 6.48. The van der Waals surface area contributed by atoms with Crippen LogP contribution in [-0.2, 0) is 7.05 Å². The van der Waals surface area contributed by atoms with Crippen LogP contribution in [0.15, 0.2) is 30.3 Å². The highest BCUT2D eigenvalue weighted by atomic mass is 35.5. The molecule has 0 saturated heterocycles. The summed E-state index contributed by atoms with van der Waals surface area (Å²) in [5.74, 6) is 1.21. The van der Waals surface area contributed by atoms with E-state index in [-0.39, 0.29) is 0 Å². The Morgan fingerprint density at radius 1 is 1.00 bits per heavy atom. The minimum absolute atomic E-state index is 0.502. The Bertz CT molecular complexity index is 943. The minimum atomic E-state index is 0.502. The molecular formula is C21H24Cl3N3. The molecule has 0 aliphatic heterocycles. The number of nitrogens with zero attached hydrogens (tertiary/aromatic N) is 2. The van der Waals surface area contributed by atoms with Gasteiger partial charge in [0.2, 0.25) is 5.95 Å². The highest BCUT2D eigenvalue weighted by Crippen LogP contribution is 2.37. The first-order chi connectivity index (χ1) is 13.0.